The van der Waals surface area contributed by atoms with E-state index >= 15 is 0 Å². The van der Waals surface area contributed by atoms with Crippen LogP contribution in [-0.4, -0.2) is 41.9 Å². The van der Waals surface area contributed by atoms with E-state index < -0.39 is 0 Å². The number of benzene rings is 1. The molecule has 3 aliphatic rings. The maximum Gasteiger partial charge on any atom is 0.227 e. The Morgan fingerprint density at radius 2 is 1.72 bits per heavy atom. The Labute approximate surface area is 149 Å². The monoisotopic (exact) mass is 341 g/mol. The molecule has 1 saturated carbocycles. The lowest BCUT2D eigenvalue weighted by Crippen LogP contribution is -2.49. The van der Waals surface area contributed by atoms with Gasteiger partial charge in [-0.2, -0.15) is 0 Å². The quantitative estimate of drug-likeness (QED) is 0.864. The fraction of sp³-hybridized carbons (Fsp3) is 0.600. The van der Waals surface area contributed by atoms with Crippen LogP contribution >= 0.6 is 0 Å². The molecule has 1 aromatic carbocycles. The summed E-state index contributed by atoms with van der Waals surface area (Å²) < 4.78 is 0. The minimum Gasteiger partial charge on any atom is -0.342 e. The van der Waals surface area contributed by atoms with E-state index in [1.807, 2.05) is 36.2 Å². The third-order valence-corrected chi connectivity index (χ3v) is 5.91. The molecular formula is C20H27N3O2. The number of rotatable bonds is 5. The zero-order valence-corrected chi connectivity index (χ0v) is 14.8. The van der Waals surface area contributed by atoms with E-state index in [1.165, 1.54) is 12.8 Å². The fourth-order valence-electron chi connectivity index (χ4n) is 4.14. The van der Waals surface area contributed by atoms with Gasteiger partial charge in [-0.1, -0.05) is 12.1 Å². The Balaban J connectivity index is 1.31. The maximum atomic E-state index is 12.6. The highest BCUT2D eigenvalue weighted by atomic mass is 16.2. The Kier molecular flexibility index (Phi) is 4.50. The lowest BCUT2D eigenvalue weighted by molar-refractivity contribution is -0.132. The van der Waals surface area contributed by atoms with Gasteiger partial charge in [-0.15, -0.1) is 0 Å². The van der Waals surface area contributed by atoms with E-state index in [-0.39, 0.29) is 17.7 Å². The standard InChI is InChI=1S/C20H27N3O2/c1-23(18-11-16-8-9-17(12-18)21-16)19(24)10-13-2-6-15(7-3-13)22-20(25)14-4-5-14/h2-3,6-7,14,16-18,21H,4-5,8-12H2,1H3,(H,22,25). The van der Waals surface area contributed by atoms with Gasteiger partial charge in [0.2, 0.25) is 11.8 Å². The Bertz CT molecular complexity index is 641. The number of nitrogens with one attached hydrogen (secondary N) is 2. The second kappa shape index (κ2) is 6.79. The van der Waals surface area contributed by atoms with Crippen LogP contribution in [0.5, 0.6) is 0 Å². The van der Waals surface area contributed by atoms with Gasteiger partial charge in [0.05, 0.1) is 6.42 Å². The second-order valence-corrected chi connectivity index (χ2v) is 7.90. The largest absolute Gasteiger partial charge is 0.342 e. The van der Waals surface area contributed by atoms with Crippen LogP contribution in [0.3, 0.4) is 0 Å². The summed E-state index contributed by atoms with van der Waals surface area (Å²) in [6.07, 6.45) is 7.07. The van der Waals surface area contributed by atoms with Crippen LogP contribution < -0.4 is 10.6 Å². The summed E-state index contributed by atoms with van der Waals surface area (Å²) in [6.45, 7) is 0. The van der Waals surface area contributed by atoms with Gasteiger partial charge in [-0.25, -0.2) is 0 Å². The number of hydrogen-bond acceptors (Lipinski definition) is 3. The summed E-state index contributed by atoms with van der Waals surface area (Å²) >= 11 is 0. The number of carbonyl (C=O) groups is 2. The molecule has 1 aromatic rings. The van der Waals surface area contributed by atoms with Gasteiger partial charge in [-0.05, 0) is 56.2 Å². The van der Waals surface area contributed by atoms with Crippen molar-refractivity contribution in [2.75, 3.05) is 12.4 Å². The van der Waals surface area contributed by atoms with Gasteiger partial charge in [0.1, 0.15) is 0 Å². The molecule has 5 nitrogen and oxygen atoms in total. The van der Waals surface area contributed by atoms with Crippen molar-refractivity contribution in [1.29, 1.82) is 0 Å². The number of fused-ring (bicyclic) bond motifs is 2. The van der Waals surface area contributed by atoms with E-state index in [9.17, 15) is 9.59 Å². The molecule has 2 unspecified atom stereocenters. The van der Waals surface area contributed by atoms with Crippen molar-refractivity contribution >= 4 is 17.5 Å². The Morgan fingerprint density at radius 3 is 2.32 bits per heavy atom. The molecule has 0 aromatic heterocycles. The van der Waals surface area contributed by atoms with Crippen molar-refractivity contribution in [3.8, 4) is 0 Å². The number of nitrogens with zero attached hydrogens (tertiary/aromatic N) is 1. The maximum absolute atomic E-state index is 12.6. The van der Waals surface area contributed by atoms with Crippen LogP contribution in [0.1, 0.15) is 44.1 Å². The molecule has 0 spiro atoms. The van der Waals surface area contributed by atoms with Gasteiger partial charge >= 0.3 is 0 Å². The highest BCUT2D eigenvalue weighted by Crippen LogP contribution is 2.31. The summed E-state index contributed by atoms with van der Waals surface area (Å²) in [5.74, 6) is 0.500. The molecule has 25 heavy (non-hydrogen) atoms. The minimum atomic E-state index is 0.115. The summed E-state index contributed by atoms with van der Waals surface area (Å²) in [5.41, 5.74) is 1.81. The number of anilines is 1. The number of amides is 2. The van der Waals surface area contributed by atoms with Crippen molar-refractivity contribution in [2.45, 2.75) is 63.1 Å². The topological polar surface area (TPSA) is 61.4 Å². The highest BCUT2D eigenvalue weighted by Gasteiger charge is 2.36. The molecule has 134 valence electrons. The number of piperidine rings is 1. The number of likely N-dealkylation sites (N-methyl/N-ethyl adjacent to an activating group) is 1. The number of hydrogen-bond donors (Lipinski definition) is 2. The predicted molar refractivity (Wildman–Crippen MR) is 97.2 cm³/mol. The van der Waals surface area contributed by atoms with Crippen LogP contribution in [0, 0.1) is 5.92 Å². The molecule has 2 atom stereocenters. The zero-order chi connectivity index (χ0) is 17.4. The average molecular weight is 341 g/mol. The molecule has 3 fully saturated rings. The minimum absolute atomic E-state index is 0.115. The second-order valence-electron chi connectivity index (χ2n) is 7.90. The van der Waals surface area contributed by atoms with Crippen molar-refractivity contribution in [3.05, 3.63) is 29.8 Å². The van der Waals surface area contributed by atoms with Crippen LogP contribution in [0.25, 0.3) is 0 Å². The molecule has 4 rings (SSSR count). The van der Waals surface area contributed by atoms with Crippen molar-refractivity contribution in [1.82, 2.24) is 10.2 Å². The third kappa shape index (κ3) is 3.87. The average Bonchev–Trinajstić information content (AvgIpc) is 3.41. The molecule has 2 N–H and O–H groups in total. The highest BCUT2D eigenvalue weighted by molar-refractivity contribution is 5.94. The third-order valence-electron chi connectivity index (χ3n) is 5.91. The summed E-state index contributed by atoms with van der Waals surface area (Å²) in [7, 11) is 1.95. The van der Waals surface area contributed by atoms with E-state index in [0.29, 0.717) is 24.5 Å². The predicted octanol–water partition coefficient (Wildman–Crippen LogP) is 2.32. The van der Waals surface area contributed by atoms with Crippen LogP contribution in [0.2, 0.25) is 0 Å². The van der Waals surface area contributed by atoms with Gasteiger partial charge in [0.25, 0.3) is 0 Å². The van der Waals surface area contributed by atoms with E-state index in [0.717, 1.165) is 36.9 Å². The van der Waals surface area contributed by atoms with Crippen LogP contribution in [0.15, 0.2) is 24.3 Å². The molecule has 0 radical (unpaired) electrons. The molecule has 2 amide bonds. The number of carbonyl (C=O) groups excluding carboxylic acids is 2. The van der Waals surface area contributed by atoms with Gasteiger partial charge in [-0.3, -0.25) is 9.59 Å². The first-order valence-corrected chi connectivity index (χ1v) is 9.50. The van der Waals surface area contributed by atoms with E-state index in [4.69, 9.17) is 0 Å². The first-order chi connectivity index (χ1) is 12.1. The molecule has 2 bridgehead atoms. The zero-order valence-electron chi connectivity index (χ0n) is 14.8. The van der Waals surface area contributed by atoms with Crippen molar-refractivity contribution in [2.24, 2.45) is 5.92 Å². The normalized spacial score (nSPS) is 27.8. The van der Waals surface area contributed by atoms with Gasteiger partial charge < -0.3 is 15.5 Å². The van der Waals surface area contributed by atoms with E-state index in [1.54, 1.807) is 0 Å². The molecule has 2 heterocycles. The van der Waals surface area contributed by atoms with Gasteiger partial charge in [0, 0.05) is 36.8 Å². The summed E-state index contributed by atoms with van der Waals surface area (Å²) in [4.78, 5) is 26.4. The van der Waals surface area contributed by atoms with Crippen molar-refractivity contribution < 1.29 is 9.59 Å². The lowest BCUT2D eigenvalue weighted by atomic mass is 9.98. The van der Waals surface area contributed by atoms with Gasteiger partial charge in [0.15, 0.2) is 0 Å². The lowest BCUT2D eigenvalue weighted by Gasteiger charge is -2.35. The molecular weight excluding hydrogens is 314 g/mol. The molecule has 2 saturated heterocycles. The molecule has 1 aliphatic carbocycles. The fourth-order valence-corrected chi connectivity index (χ4v) is 4.14. The van der Waals surface area contributed by atoms with Crippen LogP contribution in [0.4, 0.5) is 5.69 Å². The summed E-state index contributed by atoms with van der Waals surface area (Å²) in [6, 6.07) is 9.23. The first-order valence-electron chi connectivity index (χ1n) is 9.50. The van der Waals surface area contributed by atoms with E-state index in [2.05, 4.69) is 10.6 Å². The van der Waals surface area contributed by atoms with Crippen LogP contribution in [-0.2, 0) is 16.0 Å². The first kappa shape index (κ1) is 16.6. The molecule has 2 aliphatic heterocycles. The Hall–Kier alpha value is -1.88. The molecule has 5 heteroatoms. The smallest absolute Gasteiger partial charge is 0.227 e. The summed E-state index contributed by atoms with van der Waals surface area (Å²) in [5, 5.41) is 6.56. The van der Waals surface area contributed by atoms with Crippen molar-refractivity contribution in [3.63, 3.8) is 0 Å². The SMILES string of the molecule is CN(C(=O)Cc1ccc(NC(=O)C2CC2)cc1)C1CC2CCC(C1)N2. The Morgan fingerprint density at radius 1 is 1.08 bits per heavy atom.